The number of benzene rings is 1. The standard InChI is InChI=1S/C16H17N3O2/c1-10-8-14(19-21-10)18-15(20)16(2,3)12-9-17-13-7-5-4-6-11(12)13/h4-9,17H,1-3H3,(H,18,19,20). The maximum absolute atomic E-state index is 12.6. The van der Waals surface area contributed by atoms with Crippen LogP contribution in [0, 0.1) is 6.92 Å². The van der Waals surface area contributed by atoms with Gasteiger partial charge in [0.2, 0.25) is 5.91 Å². The maximum Gasteiger partial charge on any atom is 0.235 e. The molecule has 21 heavy (non-hydrogen) atoms. The molecule has 0 aliphatic carbocycles. The summed E-state index contributed by atoms with van der Waals surface area (Å²) in [6.07, 6.45) is 1.89. The lowest BCUT2D eigenvalue weighted by atomic mass is 9.83. The molecule has 3 rings (SSSR count). The van der Waals surface area contributed by atoms with Crippen molar-refractivity contribution < 1.29 is 9.32 Å². The van der Waals surface area contributed by atoms with Gasteiger partial charge in [0.1, 0.15) is 5.76 Å². The van der Waals surface area contributed by atoms with Crippen molar-refractivity contribution in [3.63, 3.8) is 0 Å². The Balaban J connectivity index is 1.93. The molecule has 2 N–H and O–H groups in total. The number of fused-ring (bicyclic) bond motifs is 1. The van der Waals surface area contributed by atoms with E-state index in [1.54, 1.807) is 13.0 Å². The zero-order valence-electron chi connectivity index (χ0n) is 12.2. The van der Waals surface area contributed by atoms with Gasteiger partial charge in [0.15, 0.2) is 5.82 Å². The van der Waals surface area contributed by atoms with Crippen molar-refractivity contribution in [3.8, 4) is 0 Å². The third kappa shape index (κ3) is 2.31. The number of hydrogen-bond donors (Lipinski definition) is 2. The third-order valence-electron chi connectivity index (χ3n) is 3.70. The molecular formula is C16H17N3O2. The van der Waals surface area contributed by atoms with E-state index in [1.807, 2.05) is 44.3 Å². The van der Waals surface area contributed by atoms with Crippen LogP contribution in [0.1, 0.15) is 25.2 Å². The van der Waals surface area contributed by atoms with E-state index in [2.05, 4.69) is 15.5 Å². The highest BCUT2D eigenvalue weighted by molar-refractivity contribution is 6.01. The van der Waals surface area contributed by atoms with E-state index < -0.39 is 5.41 Å². The van der Waals surface area contributed by atoms with Gasteiger partial charge in [-0.1, -0.05) is 23.4 Å². The van der Waals surface area contributed by atoms with E-state index in [1.165, 1.54) is 0 Å². The predicted molar refractivity (Wildman–Crippen MR) is 81.2 cm³/mol. The van der Waals surface area contributed by atoms with E-state index in [4.69, 9.17) is 4.52 Å². The minimum atomic E-state index is -0.688. The second-order valence-corrected chi connectivity index (χ2v) is 5.65. The monoisotopic (exact) mass is 283 g/mol. The van der Waals surface area contributed by atoms with Crippen molar-refractivity contribution in [2.45, 2.75) is 26.2 Å². The van der Waals surface area contributed by atoms with Crippen LogP contribution in [-0.2, 0) is 10.2 Å². The molecule has 0 fully saturated rings. The summed E-state index contributed by atoms with van der Waals surface area (Å²) in [6.45, 7) is 5.57. The molecule has 0 saturated heterocycles. The van der Waals surface area contributed by atoms with E-state index >= 15 is 0 Å². The molecule has 0 unspecified atom stereocenters. The summed E-state index contributed by atoms with van der Waals surface area (Å²) in [5, 5.41) is 7.65. The lowest BCUT2D eigenvalue weighted by Crippen LogP contribution is -2.34. The molecule has 0 bridgehead atoms. The number of carbonyl (C=O) groups excluding carboxylic acids is 1. The predicted octanol–water partition coefficient (Wildman–Crippen LogP) is 3.38. The topological polar surface area (TPSA) is 70.9 Å². The van der Waals surface area contributed by atoms with Crippen molar-refractivity contribution in [2.24, 2.45) is 0 Å². The molecule has 3 aromatic rings. The summed E-state index contributed by atoms with van der Waals surface area (Å²) in [5.74, 6) is 0.973. The van der Waals surface area contributed by atoms with Crippen LogP contribution in [0.15, 0.2) is 41.1 Å². The molecule has 0 aliphatic rings. The van der Waals surface area contributed by atoms with Gasteiger partial charge in [-0.05, 0) is 32.4 Å². The first-order chi connectivity index (χ1) is 9.98. The van der Waals surface area contributed by atoms with E-state index in [9.17, 15) is 4.79 Å². The van der Waals surface area contributed by atoms with Crippen LogP contribution >= 0.6 is 0 Å². The zero-order chi connectivity index (χ0) is 15.0. The van der Waals surface area contributed by atoms with Crippen LogP contribution in [0.5, 0.6) is 0 Å². The van der Waals surface area contributed by atoms with E-state index in [-0.39, 0.29) is 5.91 Å². The van der Waals surface area contributed by atoms with Crippen molar-refractivity contribution in [1.29, 1.82) is 0 Å². The largest absolute Gasteiger partial charge is 0.361 e. The van der Waals surface area contributed by atoms with Crippen molar-refractivity contribution >= 4 is 22.6 Å². The van der Waals surface area contributed by atoms with Gasteiger partial charge in [0.05, 0.1) is 5.41 Å². The quantitative estimate of drug-likeness (QED) is 0.774. The number of amides is 1. The smallest absolute Gasteiger partial charge is 0.235 e. The third-order valence-corrected chi connectivity index (χ3v) is 3.70. The number of H-pyrrole nitrogens is 1. The van der Waals surface area contributed by atoms with Crippen molar-refractivity contribution in [2.75, 3.05) is 5.32 Å². The van der Waals surface area contributed by atoms with Gasteiger partial charge < -0.3 is 14.8 Å². The summed E-state index contributed by atoms with van der Waals surface area (Å²) in [5.41, 5.74) is 1.29. The van der Waals surface area contributed by atoms with Gasteiger partial charge in [-0.2, -0.15) is 0 Å². The Hall–Kier alpha value is -2.56. The second kappa shape index (κ2) is 4.77. The highest BCUT2D eigenvalue weighted by Gasteiger charge is 2.32. The maximum atomic E-state index is 12.6. The fourth-order valence-electron chi connectivity index (χ4n) is 2.41. The molecule has 1 amide bonds. The van der Waals surface area contributed by atoms with Gasteiger partial charge in [-0.3, -0.25) is 4.79 Å². The molecule has 5 heteroatoms. The number of hydrogen-bond acceptors (Lipinski definition) is 3. The number of para-hydroxylation sites is 1. The fourth-order valence-corrected chi connectivity index (χ4v) is 2.41. The molecule has 0 saturated carbocycles. The molecule has 1 aromatic carbocycles. The first-order valence-corrected chi connectivity index (χ1v) is 6.80. The first kappa shape index (κ1) is 13.4. The van der Waals surface area contributed by atoms with E-state index in [0.29, 0.717) is 11.6 Å². The van der Waals surface area contributed by atoms with Crippen LogP contribution in [0.25, 0.3) is 10.9 Å². The summed E-state index contributed by atoms with van der Waals surface area (Å²) >= 11 is 0. The van der Waals surface area contributed by atoms with Crippen molar-refractivity contribution in [1.82, 2.24) is 10.1 Å². The number of aromatic amines is 1. The Kier molecular flexibility index (Phi) is 3.05. The van der Waals surface area contributed by atoms with E-state index in [0.717, 1.165) is 16.5 Å². The number of aromatic nitrogens is 2. The molecule has 0 spiro atoms. The van der Waals surface area contributed by atoms with Crippen LogP contribution in [-0.4, -0.2) is 16.0 Å². The fraction of sp³-hybridized carbons (Fsp3) is 0.250. The number of carbonyl (C=O) groups is 1. The molecule has 2 heterocycles. The molecule has 0 atom stereocenters. The Morgan fingerprint density at radius 2 is 2.10 bits per heavy atom. The van der Waals surface area contributed by atoms with Gasteiger partial charge in [0.25, 0.3) is 0 Å². The van der Waals surface area contributed by atoms with Gasteiger partial charge in [0, 0.05) is 23.2 Å². The van der Waals surface area contributed by atoms with Gasteiger partial charge in [-0.25, -0.2) is 0 Å². The van der Waals surface area contributed by atoms with Crippen LogP contribution in [0.2, 0.25) is 0 Å². The SMILES string of the molecule is Cc1cc(NC(=O)C(C)(C)c2c[nH]c3ccccc23)no1. The molecule has 5 nitrogen and oxygen atoms in total. The first-order valence-electron chi connectivity index (χ1n) is 6.80. The normalized spacial score (nSPS) is 11.8. The van der Waals surface area contributed by atoms with Gasteiger partial charge >= 0.3 is 0 Å². The summed E-state index contributed by atoms with van der Waals surface area (Å²) in [4.78, 5) is 15.8. The van der Waals surface area contributed by atoms with Crippen LogP contribution < -0.4 is 5.32 Å². The number of aryl methyl sites for hydroxylation is 1. The Morgan fingerprint density at radius 3 is 2.81 bits per heavy atom. The number of nitrogens with one attached hydrogen (secondary N) is 2. The lowest BCUT2D eigenvalue weighted by Gasteiger charge is -2.22. The zero-order valence-corrected chi connectivity index (χ0v) is 12.2. The van der Waals surface area contributed by atoms with Crippen molar-refractivity contribution in [3.05, 3.63) is 47.9 Å². The second-order valence-electron chi connectivity index (χ2n) is 5.65. The summed E-state index contributed by atoms with van der Waals surface area (Å²) in [6, 6.07) is 9.63. The number of nitrogens with zero attached hydrogens (tertiary/aromatic N) is 1. The minimum absolute atomic E-state index is 0.124. The Labute approximate surface area is 122 Å². The highest BCUT2D eigenvalue weighted by atomic mass is 16.5. The molecular weight excluding hydrogens is 266 g/mol. The molecule has 108 valence electrons. The Morgan fingerprint density at radius 1 is 1.33 bits per heavy atom. The average Bonchev–Trinajstić information content (AvgIpc) is 3.05. The lowest BCUT2D eigenvalue weighted by molar-refractivity contribution is -0.120. The minimum Gasteiger partial charge on any atom is -0.361 e. The molecule has 2 aromatic heterocycles. The summed E-state index contributed by atoms with van der Waals surface area (Å²) < 4.78 is 4.97. The molecule has 0 aliphatic heterocycles. The number of anilines is 1. The molecule has 0 radical (unpaired) electrons. The van der Waals surface area contributed by atoms with Crippen LogP contribution in [0.4, 0.5) is 5.82 Å². The van der Waals surface area contributed by atoms with Crippen LogP contribution in [0.3, 0.4) is 0 Å². The number of rotatable bonds is 3. The Bertz CT molecular complexity index is 799. The van der Waals surface area contributed by atoms with Gasteiger partial charge in [-0.15, -0.1) is 0 Å². The average molecular weight is 283 g/mol. The summed E-state index contributed by atoms with van der Waals surface area (Å²) in [7, 11) is 0. The highest BCUT2D eigenvalue weighted by Crippen LogP contribution is 2.31.